The molecule has 0 bridgehead atoms. The molecule has 2 nitrogen and oxygen atoms in total. The standard InChI is InChI=1S/C10H18N2/c1-7-11-9(10(3,4)5)12(6)8-2/h7-8H,1-2H2,3-6H3/b11-9-. The van der Waals surface area contributed by atoms with E-state index < -0.39 is 0 Å². The van der Waals surface area contributed by atoms with Gasteiger partial charge in [0.2, 0.25) is 0 Å². The number of aliphatic imine (C=N–C) groups is 1. The molecule has 0 atom stereocenters. The van der Waals surface area contributed by atoms with Gasteiger partial charge in [0.25, 0.3) is 0 Å². The normalized spacial score (nSPS) is 12.5. The van der Waals surface area contributed by atoms with Crippen LogP contribution in [0.4, 0.5) is 0 Å². The van der Waals surface area contributed by atoms with Crippen molar-refractivity contribution in [1.29, 1.82) is 0 Å². The second-order valence-electron chi connectivity index (χ2n) is 3.68. The van der Waals surface area contributed by atoms with E-state index in [9.17, 15) is 0 Å². The molecule has 0 aliphatic heterocycles. The molecule has 0 rings (SSSR count). The molecule has 0 unspecified atom stereocenters. The molecule has 0 fully saturated rings. The molecule has 0 aromatic rings. The lowest BCUT2D eigenvalue weighted by atomic mass is 9.94. The summed E-state index contributed by atoms with van der Waals surface area (Å²) < 4.78 is 0. The Morgan fingerprint density at radius 3 is 2.08 bits per heavy atom. The minimum Gasteiger partial charge on any atom is -0.340 e. The maximum Gasteiger partial charge on any atom is 0.113 e. The minimum atomic E-state index is 0.0249. The summed E-state index contributed by atoms with van der Waals surface area (Å²) in [5, 5.41) is 0. The van der Waals surface area contributed by atoms with Crippen molar-refractivity contribution in [3.63, 3.8) is 0 Å². The Bertz CT molecular complexity index is 196. The third-order valence-electron chi connectivity index (χ3n) is 1.49. The molecule has 0 radical (unpaired) electrons. The van der Waals surface area contributed by atoms with Crippen LogP contribution in [0.1, 0.15) is 20.8 Å². The number of hydrogen-bond acceptors (Lipinski definition) is 1. The monoisotopic (exact) mass is 166 g/mol. The van der Waals surface area contributed by atoms with Gasteiger partial charge in [0.1, 0.15) is 5.84 Å². The molecule has 0 aromatic carbocycles. The molecule has 0 spiro atoms. The zero-order valence-electron chi connectivity index (χ0n) is 8.46. The van der Waals surface area contributed by atoms with Gasteiger partial charge in [-0.25, -0.2) is 4.99 Å². The zero-order chi connectivity index (χ0) is 9.78. The van der Waals surface area contributed by atoms with Gasteiger partial charge in [-0.15, -0.1) is 0 Å². The largest absolute Gasteiger partial charge is 0.340 e. The van der Waals surface area contributed by atoms with Crippen molar-refractivity contribution < 1.29 is 0 Å². The van der Waals surface area contributed by atoms with Gasteiger partial charge in [-0.2, -0.15) is 0 Å². The molecule has 0 amide bonds. The summed E-state index contributed by atoms with van der Waals surface area (Å²) in [4.78, 5) is 6.11. The number of rotatable bonds is 2. The van der Waals surface area contributed by atoms with Gasteiger partial charge < -0.3 is 4.90 Å². The van der Waals surface area contributed by atoms with E-state index in [0.29, 0.717) is 0 Å². The van der Waals surface area contributed by atoms with E-state index >= 15 is 0 Å². The highest BCUT2D eigenvalue weighted by molar-refractivity contribution is 5.88. The lowest BCUT2D eigenvalue weighted by Gasteiger charge is -2.27. The van der Waals surface area contributed by atoms with Gasteiger partial charge in [-0.05, 0) is 6.20 Å². The Morgan fingerprint density at radius 2 is 1.83 bits per heavy atom. The highest BCUT2D eigenvalue weighted by atomic mass is 15.2. The predicted molar refractivity (Wildman–Crippen MR) is 55.0 cm³/mol. The van der Waals surface area contributed by atoms with Crippen LogP contribution in [0.25, 0.3) is 0 Å². The molecule has 0 saturated carbocycles. The van der Waals surface area contributed by atoms with Crippen LogP contribution < -0.4 is 0 Å². The fraction of sp³-hybridized carbons (Fsp3) is 0.500. The highest BCUT2D eigenvalue weighted by Gasteiger charge is 2.20. The summed E-state index contributed by atoms with van der Waals surface area (Å²) in [6.45, 7) is 13.6. The van der Waals surface area contributed by atoms with Crippen molar-refractivity contribution in [2.45, 2.75) is 20.8 Å². The Morgan fingerprint density at radius 1 is 1.33 bits per heavy atom. The van der Waals surface area contributed by atoms with Gasteiger partial charge >= 0.3 is 0 Å². The van der Waals surface area contributed by atoms with E-state index in [1.54, 1.807) is 12.4 Å². The van der Waals surface area contributed by atoms with Crippen molar-refractivity contribution in [1.82, 2.24) is 4.90 Å². The third-order valence-corrected chi connectivity index (χ3v) is 1.49. The van der Waals surface area contributed by atoms with Crippen molar-refractivity contribution in [2.75, 3.05) is 7.05 Å². The second kappa shape index (κ2) is 4.10. The van der Waals surface area contributed by atoms with Crippen molar-refractivity contribution in [2.24, 2.45) is 10.4 Å². The Labute approximate surface area is 75.3 Å². The van der Waals surface area contributed by atoms with Gasteiger partial charge in [0.05, 0.1) is 0 Å². The molecule has 0 heterocycles. The van der Waals surface area contributed by atoms with E-state index in [1.807, 2.05) is 11.9 Å². The summed E-state index contributed by atoms with van der Waals surface area (Å²) in [5.74, 6) is 0.965. The summed E-state index contributed by atoms with van der Waals surface area (Å²) >= 11 is 0. The SMILES string of the molecule is C=C/N=C(\N(C)C=C)C(C)(C)C. The Kier molecular flexibility index (Phi) is 3.74. The average molecular weight is 166 g/mol. The minimum absolute atomic E-state index is 0.0249. The van der Waals surface area contributed by atoms with E-state index in [1.165, 1.54) is 0 Å². The van der Waals surface area contributed by atoms with Crippen LogP contribution in [0.5, 0.6) is 0 Å². The van der Waals surface area contributed by atoms with Crippen LogP contribution in [-0.2, 0) is 0 Å². The molecule has 0 N–H and O–H groups in total. The van der Waals surface area contributed by atoms with Crippen molar-refractivity contribution in [3.8, 4) is 0 Å². The third kappa shape index (κ3) is 2.91. The van der Waals surface area contributed by atoms with Gasteiger partial charge in [0, 0.05) is 18.7 Å². The summed E-state index contributed by atoms with van der Waals surface area (Å²) in [6.07, 6.45) is 3.30. The molecule has 68 valence electrons. The topological polar surface area (TPSA) is 15.6 Å². The predicted octanol–water partition coefficient (Wildman–Crippen LogP) is 2.65. The molecular weight excluding hydrogens is 148 g/mol. The number of hydrogen-bond donors (Lipinski definition) is 0. The Hall–Kier alpha value is -1.05. The average Bonchev–Trinajstić information content (AvgIpc) is 1.96. The van der Waals surface area contributed by atoms with Crippen LogP contribution in [0, 0.1) is 5.41 Å². The van der Waals surface area contributed by atoms with Gasteiger partial charge in [-0.3, -0.25) is 0 Å². The molecule has 0 aliphatic rings. The second-order valence-corrected chi connectivity index (χ2v) is 3.68. The molecule has 2 heteroatoms. The Balaban J connectivity index is 4.79. The van der Waals surface area contributed by atoms with Crippen LogP contribution in [0.3, 0.4) is 0 Å². The number of amidine groups is 1. The summed E-state index contributed by atoms with van der Waals surface area (Å²) in [7, 11) is 1.93. The first kappa shape index (κ1) is 11.0. The lowest BCUT2D eigenvalue weighted by molar-refractivity contribution is 0.505. The first-order valence-electron chi connectivity index (χ1n) is 3.98. The fourth-order valence-corrected chi connectivity index (χ4v) is 0.987. The fourth-order valence-electron chi connectivity index (χ4n) is 0.987. The summed E-state index contributed by atoms with van der Waals surface area (Å²) in [5.41, 5.74) is 0.0249. The van der Waals surface area contributed by atoms with Gasteiger partial charge in [-0.1, -0.05) is 33.9 Å². The van der Waals surface area contributed by atoms with E-state index in [0.717, 1.165) is 5.84 Å². The maximum atomic E-state index is 4.20. The molecular formula is C10H18N2. The van der Waals surface area contributed by atoms with E-state index in [2.05, 4.69) is 38.9 Å². The smallest absolute Gasteiger partial charge is 0.113 e. The van der Waals surface area contributed by atoms with E-state index in [-0.39, 0.29) is 5.41 Å². The molecule has 0 aromatic heterocycles. The lowest BCUT2D eigenvalue weighted by Crippen LogP contribution is -2.33. The number of nitrogens with zero attached hydrogens (tertiary/aromatic N) is 2. The molecule has 0 aliphatic carbocycles. The first-order valence-corrected chi connectivity index (χ1v) is 3.98. The van der Waals surface area contributed by atoms with Crippen LogP contribution in [0.2, 0.25) is 0 Å². The van der Waals surface area contributed by atoms with E-state index in [4.69, 9.17) is 0 Å². The van der Waals surface area contributed by atoms with Crippen LogP contribution in [-0.4, -0.2) is 17.8 Å². The zero-order valence-corrected chi connectivity index (χ0v) is 8.46. The molecule has 0 saturated heterocycles. The maximum absolute atomic E-state index is 4.20. The van der Waals surface area contributed by atoms with Crippen LogP contribution >= 0.6 is 0 Å². The highest BCUT2D eigenvalue weighted by Crippen LogP contribution is 2.18. The van der Waals surface area contributed by atoms with Crippen molar-refractivity contribution in [3.05, 3.63) is 25.6 Å². The summed E-state index contributed by atoms with van der Waals surface area (Å²) in [6, 6.07) is 0. The quantitative estimate of drug-likeness (QED) is 0.455. The van der Waals surface area contributed by atoms with Crippen LogP contribution in [0.15, 0.2) is 30.6 Å². The molecule has 12 heavy (non-hydrogen) atoms. The van der Waals surface area contributed by atoms with Crippen molar-refractivity contribution >= 4 is 5.84 Å². The first-order chi connectivity index (χ1) is 5.43. The van der Waals surface area contributed by atoms with Gasteiger partial charge in [0.15, 0.2) is 0 Å².